The van der Waals surface area contributed by atoms with Crippen molar-refractivity contribution in [1.29, 1.82) is 0 Å². The molecule has 24 heavy (non-hydrogen) atoms. The maximum absolute atomic E-state index is 13.2. The van der Waals surface area contributed by atoms with Crippen LogP contribution in [0.5, 0.6) is 0 Å². The Balaban J connectivity index is 2.18. The standard InChI is InChI=1S/C18H12ClN3OS/c1-11-16(24-10-20-11)17-21-14-8-4-2-6-12(14)18(23)22(17)15-9-5-3-7-13(15)19/h2-10H,1H3. The molecule has 0 atom stereocenters. The van der Waals surface area contributed by atoms with Crippen LogP contribution >= 0.6 is 22.9 Å². The van der Waals surface area contributed by atoms with Crippen LogP contribution in [0, 0.1) is 6.92 Å². The maximum atomic E-state index is 13.2. The normalized spacial score (nSPS) is 11.1. The second-order valence-corrected chi connectivity index (χ2v) is 6.57. The van der Waals surface area contributed by atoms with Gasteiger partial charge in [0.25, 0.3) is 5.56 Å². The van der Waals surface area contributed by atoms with Gasteiger partial charge >= 0.3 is 0 Å². The van der Waals surface area contributed by atoms with E-state index in [-0.39, 0.29) is 5.56 Å². The molecule has 0 saturated carbocycles. The Morgan fingerprint density at radius 2 is 1.83 bits per heavy atom. The number of fused-ring (bicyclic) bond motifs is 1. The van der Waals surface area contributed by atoms with Crippen molar-refractivity contribution in [3.63, 3.8) is 0 Å². The summed E-state index contributed by atoms with van der Waals surface area (Å²) in [5.74, 6) is 0.562. The summed E-state index contributed by atoms with van der Waals surface area (Å²) >= 11 is 7.81. The number of hydrogen-bond donors (Lipinski definition) is 0. The third-order valence-corrected chi connectivity index (χ3v) is 5.06. The molecule has 0 bridgehead atoms. The van der Waals surface area contributed by atoms with Gasteiger partial charge in [0.05, 0.1) is 37.7 Å². The fourth-order valence-corrected chi connectivity index (χ4v) is 3.66. The Labute approximate surface area is 147 Å². The molecule has 2 aromatic carbocycles. The lowest BCUT2D eigenvalue weighted by atomic mass is 10.2. The SMILES string of the molecule is Cc1ncsc1-c1nc2ccccc2c(=O)n1-c1ccccc1Cl. The molecule has 0 aliphatic rings. The van der Waals surface area contributed by atoms with E-state index < -0.39 is 0 Å². The van der Waals surface area contributed by atoms with Gasteiger partial charge in [0.15, 0.2) is 5.82 Å². The van der Waals surface area contributed by atoms with Gasteiger partial charge in [0.2, 0.25) is 0 Å². The minimum absolute atomic E-state index is 0.142. The molecule has 0 radical (unpaired) electrons. The number of aromatic nitrogens is 3. The van der Waals surface area contributed by atoms with E-state index in [0.717, 1.165) is 10.6 Å². The topological polar surface area (TPSA) is 47.8 Å². The highest BCUT2D eigenvalue weighted by molar-refractivity contribution is 7.13. The summed E-state index contributed by atoms with van der Waals surface area (Å²) in [5, 5.41) is 1.06. The molecule has 0 spiro atoms. The van der Waals surface area contributed by atoms with Gasteiger partial charge in [-0.1, -0.05) is 35.9 Å². The largest absolute Gasteiger partial charge is 0.268 e. The first-order chi connectivity index (χ1) is 11.7. The van der Waals surface area contributed by atoms with Gasteiger partial charge in [-0.2, -0.15) is 0 Å². The summed E-state index contributed by atoms with van der Waals surface area (Å²) in [4.78, 5) is 23.0. The molecule has 0 N–H and O–H groups in total. The number of hydrogen-bond acceptors (Lipinski definition) is 4. The predicted octanol–water partition coefficient (Wildman–Crippen LogP) is 4.47. The van der Waals surface area contributed by atoms with E-state index in [1.54, 1.807) is 22.2 Å². The van der Waals surface area contributed by atoms with Crippen molar-refractivity contribution < 1.29 is 0 Å². The van der Waals surface area contributed by atoms with Gasteiger partial charge in [-0.05, 0) is 31.2 Å². The lowest BCUT2D eigenvalue weighted by Crippen LogP contribution is -2.22. The summed E-state index contributed by atoms with van der Waals surface area (Å²) < 4.78 is 1.57. The lowest BCUT2D eigenvalue weighted by molar-refractivity contribution is 0.976. The number of para-hydroxylation sites is 2. The summed E-state index contributed by atoms with van der Waals surface area (Å²) in [7, 11) is 0. The number of aryl methyl sites for hydroxylation is 1. The third-order valence-electron chi connectivity index (χ3n) is 3.82. The van der Waals surface area contributed by atoms with Gasteiger partial charge in [-0.3, -0.25) is 9.36 Å². The number of nitrogens with zero attached hydrogens (tertiary/aromatic N) is 3. The highest BCUT2D eigenvalue weighted by atomic mass is 35.5. The van der Waals surface area contributed by atoms with E-state index in [4.69, 9.17) is 16.6 Å². The first-order valence-electron chi connectivity index (χ1n) is 7.34. The summed E-state index contributed by atoms with van der Waals surface area (Å²) in [6.45, 7) is 1.91. The molecule has 2 aromatic heterocycles. The molecule has 0 unspecified atom stereocenters. The Morgan fingerprint density at radius 3 is 2.58 bits per heavy atom. The molecule has 0 aliphatic heterocycles. The molecule has 0 amide bonds. The molecule has 4 aromatic rings. The maximum Gasteiger partial charge on any atom is 0.266 e. The summed E-state index contributed by atoms with van der Waals surface area (Å²) in [5.41, 5.74) is 3.72. The molecule has 0 saturated heterocycles. The third kappa shape index (κ3) is 2.33. The van der Waals surface area contributed by atoms with Gasteiger partial charge in [0, 0.05) is 0 Å². The van der Waals surface area contributed by atoms with Crippen LogP contribution in [0.4, 0.5) is 0 Å². The minimum atomic E-state index is -0.142. The molecule has 4 rings (SSSR count). The van der Waals surface area contributed by atoms with E-state index in [0.29, 0.717) is 27.4 Å². The Hall–Kier alpha value is -2.50. The van der Waals surface area contributed by atoms with E-state index in [1.807, 2.05) is 43.3 Å². The zero-order valence-corrected chi connectivity index (χ0v) is 14.3. The Kier molecular flexibility index (Phi) is 3.67. The van der Waals surface area contributed by atoms with Gasteiger partial charge in [-0.25, -0.2) is 9.97 Å². The molecule has 2 heterocycles. The van der Waals surface area contributed by atoms with E-state index in [2.05, 4.69) is 4.98 Å². The Morgan fingerprint density at radius 1 is 1.08 bits per heavy atom. The number of halogens is 1. The van der Waals surface area contributed by atoms with Crippen molar-refractivity contribution >= 4 is 33.8 Å². The molecular weight excluding hydrogens is 342 g/mol. The Bertz CT molecular complexity index is 1120. The van der Waals surface area contributed by atoms with Crippen molar-refractivity contribution in [3.8, 4) is 16.4 Å². The first kappa shape index (κ1) is 15.1. The van der Waals surface area contributed by atoms with Crippen LogP contribution < -0.4 is 5.56 Å². The van der Waals surface area contributed by atoms with Gasteiger partial charge in [-0.15, -0.1) is 11.3 Å². The van der Waals surface area contributed by atoms with Crippen molar-refractivity contribution in [1.82, 2.24) is 14.5 Å². The van der Waals surface area contributed by atoms with Gasteiger partial charge in [0.1, 0.15) is 0 Å². The molecular formula is C18H12ClN3OS. The molecule has 0 aliphatic carbocycles. The number of benzene rings is 2. The second-order valence-electron chi connectivity index (χ2n) is 5.31. The van der Waals surface area contributed by atoms with Crippen LogP contribution in [-0.2, 0) is 0 Å². The van der Waals surface area contributed by atoms with Crippen LogP contribution in [0.3, 0.4) is 0 Å². The van der Waals surface area contributed by atoms with Crippen molar-refractivity contribution in [3.05, 3.63) is 75.1 Å². The fraction of sp³-hybridized carbons (Fsp3) is 0.0556. The monoisotopic (exact) mass is 353 g/mol. The minimum Gasteiger partial charge on any atom is -0.268 e. The van der Waals surface area contributed by atoms with Crippen molar-refractivity contribution in [2.45, 2.75) is 6.92 Å². The van der Waals surface area contributed by atoms with Crippen LogP contribution in [0.1, 0.15) is 5.69 Å². The average Bonchev–Trinajstić information content (AvgIpc) is 3.02. The highest BCUT2D eigenvalue weighted by Crippen LogP contribution is 2.30. The van der Waals surface area contributed by atoms with Crippen LogP contribution in [0.2, 0.25) is 5.02 Å². The second kappa shape index (κ2) is 5.85. The number of rotatable bonds is 2. The molecule has 118 valence electrons. The van der Waals surface area contributed by atoms with E-state index >= 15 is 0 Å². The van der Waals surface area contributed by atoms with E-state index in [1.165, 1.54) is 11.3 Å². The molecule has 0 fully saturated rings. The van der Waals surface area contributed by atoms with Crippen molar-refractivity contribution in [2.24, 2.45) is 0 Å². The molecule has 4 nitrogen and oxygen atoms in total. The average molecular weight is 354 g/mol. The fourth-order valence-electron chi connectivity index (χ4n) is 2.66. The summed E-state index contributed by atoms with van der Waals surface area (Å²) in [6.07, 6.45) is 0. The molecule has 6 heteroatoms. The smallest absolute Gasteiger partial charge is 0.266 e. The van der Waals surface area contributed by atoms with Crippen LogP contribution in [-0.4, -0.2) is 14.5 Å². The van der Waals surface area contributed by atoms with Gasteiger partial charge < -0.3 is 0 Å². The van der Waals surface area contributed by atoms with Crippen LogP contribution in [0.15, 0.2) is 58.8 Å². The number of thiazole rings is 1. The first-order valence-corrected chi connectivity index (χ1v) is 8.60. The zero-order chi connectivity index (χ0) is 16.7. The quantitative estimate of drug-likeness (QED) is 0.534. The predicted molar refractivity (Wildman–Crippen MR) is 98.2 cm³/mol. The van der Waals surface area contributed by atoms with E-state index in [9.17, 15) is 4.79 Å². The lowest BCUT2D eigenvalue weighted by Gasteiger charge is -2.14. The highest BCUT2D eigenvalue weighted by Gasteiger charge is 2.18. The summed E-state index contributed by atoms with van der Waals surface area (Å²) in [6, 6.07) is 14.6. The van der Waals surface area contributed by atoms with Crippen LogP contribution in [0.25, 0.3) is 27.3 Å². The van der Waals surface area contributed by atoms with Crippen molar-refractivity contribution in [2.75, 3.05) is 0 Å². The zero-order valence-electron chi connectivity index (χ0n) is 12.7.